The van der Waals surface area contributed by atoms with Crippen molar-refractivity contribution in [1.82, 2.24) is 5.32 Å². The lowest BCUT2D eigenvalue weighted by Gasteiger charge is -2.33. The van der Waals surface area contributed by atoms with Crippen molar-refractivity contribution in [2.75, 3.05) is 13.1 Å². The molecule has 19 heavy (non-hydrogen) atoms. The van der Waals surface area contributed by atoms with Crippen molar-refractivity contribution in [1.29, 1.82) is 0 Å². The summed E-state index contributed by atoms with van der Waals surface area (Å²) in [5, 5.41) is 13.3. The molecular formula is C15H30N2O2. The maximum atomic E-state index is 12.1. The monoisotopic (exact) mass is 270 g/mol. The Morgan fingerprint density at radius 3 is 2.37 bits per heavy atom. The van der Waals surface area contributed by atoms with Crippen molar-refractivity contribution < 1.29 is 9.90 Å². The van der Waals surface area contributed by atoms with Crippen LogP contribution in [0.5, 0.6) is 0 Å². The van der Waals surface area contributed by atoms with E-state index in [4.69, 9.17) is 5.73 Å². The van der Waals surface area contributed by atoms with Crippen LogP contribution in [0.2, 0.25) is 0 Å². The van der Waals surface area contributed by atoms with Gasteiger partial charge in [0.25, 0.3) is 0 Å². The number of carbonyl (C=O) groups excluding carboxylic acids is 1. The van der Waals surface area contributed by atoms with Crippen molar-refractivity contribution in [3.63, 3.8) is 0 Å². The van der Waals surface area contributed by atoms with Crippen LogP contribution in [0.25, 0.3) is 0 Å². The molecule has 0 aromatic carbocycles. The van der Waals surface area contributed by atoms with E-state index in [1.165, 1.54) is 6.42 Å². The van der Waals surface area contributed by atoms with E-state index in [9.17, 15) is 9.90 Å². The molecule has 0 aliphatic heterocycles. The molecule has 1 amide bonds. The largest absolute Gasteiger partial charge is 0.388 e. The minimum absolute atomic E-state index is 0.0172. The van der Waals surface area contributed by atoms with Crippen molar-refractivity contribution in [3.05, 3.63) is 0 Å². The quantitative estimate of drug-likeness (QED) is 0.713. The van der Waals surface area contributed by atoms with Gasteiger partial charge in [-0.25, -0.2) is 0 Å². The van der Waals surface area contributed by atoms with Gasteiger partial charge >= 0.3 is 0 Å². The standard InChI is InChI=1S/C15H30N2O2/c1-14(2,3)9-12(10-16)13(18)17-11-15(19)7-5-4-6-8-15/h12,19H,4-11,16H2,1-3H3,(H,17,18). The first-order valence-corrected chi connectivity index (χ1v) is 7.46. The number of hydrogen-bond donors (Lipinski definition) is 3. The van der Waals surface area contributed by atoms with Crippen molar-refractivity contribution in [2.24, 2.45) is 17.1 Å². The van der Waals surface area contributed by atoms with E-state index in [1.807, 2.05) is 0 Å². The van der Waals surface area contributed by atoms with E-state index in [2.05, 4.69) is 26.1 Å². The van der Waals surface area contributed by atoms with Gasteiger partial charge in [0.15, 0.2) is 0 Å². The van der Waals surface area contributed by atoms with Crippen LogP contribution in [0, 0.1) is 11.3 Å². The Labute approximate surface area is 117 Å². The molecule has 112 valence electrons. The smallest absolute Gasteiger partial charge is 0.224 e. The summed E-state index contributed by atoms with van der Waals surface area (Å²) in [6.07, 6.45) is 5.64. The Balaban J connectivity index is 2.44. The average molecular weight is 270 g/mol. The molecule has 1 atom stereocenters. The maximum Gasteiger partial charge on any atom is 0.224 e. The molecule has 4 nitrogen and oxygen atoms in total. The molecule has 1 aliphatic rings. The number of nitrogens with two attached hydrogens (primary N) is 1. The van der Waals surface area contributed by atoms with Crippen LogP contribution in [0.15, 0.2) is 0 Å². The van der Waals surface area contributed by atoms with Gasteiger partial charge in [0, 0.05) is 13.1 Å². The molecule has 1 fully saturated rings. The van der Waals surface area contributed by atoms with E-state index < -0.39 is 5.60 Å². The molecule has 1 aliphatic carbocycles. The van der Waals surface area contributed by atoms with Gasteiger partial charge in [-0.15, -0.1) is 0 Å². The first-order chi connectivity index (χ1) is 8.76. The lowest BCUT2D eigenvalue weighted by Crippen LogP contribution is -2.47. The molecule has 4 N–H and O–H groups in total. The third-order valence-electron chi connectivity index (χ3n) is 3.89. The van der Waals surface area contributed by atoms with Crippen molar-refractivity contribution in [2.45, 2.75) is 64.9 Å². The van der Waals surface area contributed by atoms with Gasteiger partial charge in [-0.2, -0.15) is 0 Å². The summed E-state index contributed by atoms with van der Waals surface area (Å²) in [5.74, 6) is -0.177. The topological polar surface area (TPSA) is 75.4 Å². The van der Waals surface area contributed by atoms with E-state index in [0.29, 0.717) is 13.1 Å². The second-order valence-corrected chi connectivity index (χ2v) is 7.20. The zero-order chi connectivity index (χ0) is 14.5. The number of rotatable bonds is 5. The third kappa shape index (κ3) is 5.91. The molecule has 1 unspecified atom stereocenters. The molecule has 0 radical (unpaired) electrons. The van der Waals surface area contributed by atoms with Crippen LogP contribution >= 0.6 is 0 Å². The summed E-state index contributed by atoms with van der Waals surface area (Å²) in [6.45, 7) is 7.06. The lowest BCUT2D eigenvalue weighted by atomic mass is 9.83. The molecule has 0 bridgehead atoms. The SMILES string of the molecule is CC(C)(C)CC(CN)C(=O)NCC1(O)CCCCC1. The Hall–Kier alpha value is -0.610. The minimum Gasteiger partial charge on any atom is -0.388 e. The number of hydrogen-bond acceptors (Lipinski definition) is 3. The number of aliphatic hydroxyl groups is 1. The fourth-order valence-corrected chi connectivity index (χ4v) is 2.80. The Bertz CT molecular complexity index is 291. The van der Waals surface area contributed by atoms with E-state index >= 15 is 0 Å². The highest BCUT2D eigenvalue weighted by molar-refractivity contribution is 5.79. The van der Waals surface area contributed by atoms with Gasteiger partial charge in [0.1, 0.15) is 0 Å². The fourth-order valence-electron chi connectivity index (χ4n) is 2.80. The molecule has 0 aromatic heterocycles. The summed E-state index contributed by atoms with van der Waals surface area (Å²) in [7, 11) is 0. The predicted octanol–water partition coefficient (Wildman–Crippen LogP) is 1.81. The normalized spacial score (nSPS) is 20.9. The van der Waals surface area contributed by atoms with Crippen LogP contribution in [0.1, 0.15) is 59.3 Å². The van der Waals surface area contributed by atoms with Crippen LogP contribution in [-0.2, 0) is 4.79 Å². The van der Waals surface area contributed by atoms with Crippen LogP contribution in [0.3, 0.4) is 0 Å². The molecule has 0 saturated heterocycles. The van der Waals surface area contributed by atoms with E-state index in [0.717, 1.165) is 32.1 Å². The van der Waals surface area contributed by atoms with Crippen LogP contribution < -0.4 is 11.1 Å². The molecule has 1 rings (SSSR count). The van der Waals surface area contributed by atoms with Crippen LogP contribution in [0.4, 0.5) is 0 Å². The lowest BCUT2D eigenvalue weighted by molar-refractivity contribution is -0.127. The van der Waals surface area contributed by atoms with Gasteiger partial charge in [-0.1, -0.05) is 40.0 Å². The Morgan fingerprint density at radius 1 is 1.32 bits per heavy atom. The summed E-state index contributed by atoms with van der Waals surface area (Å²) in [5.41, 5.74) is 5.09. The number of nitrogens with one attached hydrogen (secondary N) is 1. The highest BCUT2D eigenvalue weighted by Gasteiger charge is 2.31. The fraction of sp³-hybridized carbons (Fsp3) is 0.933. The second-order valence-electron chi connectivity index (χ2n) is 7.20. The molecule has 0 spiro atoms. The minimum atomic E-state index is -0.700. The Morgan fingerprint density at radius 2 is 1.89 bits per heavy atom. The molecular weight excluding hydrogens is 240 g/mol. The third-order valence-corrected chi connectivity index (χ3v) is 3.89. The van der Waals surface area contributed by atoms with Gasteiger partial charge in [-0.05, 0) is 24.7 Å². The summed E-state index contributed by atoms with van der Waals surface area (Å²) < 4.78 is 0. The van der Waals surface area contributed by atoms with Gasteiger partial charge in [0.2, 0.25) is 5.91 Å². The van der Waals surface area contributed by atoms with Crippen molar-refractivity contribution in [3.8, 4) is 0 Å². The highest BCUT2D eigenvalue weighted by Crippen LogP contribution is 2.28. The van der Waals surface area contributed by atoms with Gasteiger partial charge in [0.05, 0.1) is 11.5 Å². The number of carbonyl (C=O) groups is 1. The van der Waals surface area contributed by atoms with Crippen LogP contribution in [-0.4, -0.2) is 29.7 Å². The Kier molecular flexibility index (Phi) is 5.81. The first-order valence-electron chi connectivity index (χ1n) is 7.46. The second kappa shape index (κ2) is 6.71. The summed E-state index contributed by atoms with van der Waals surface area (Å²) in [4.78, 5) is 12.1. The maximum absolute atomic E-state index is 12.1. The summed E-state index contributed by atoms with van der Waals surface area (Å²) in [6, 6.07) is 0. The first kappa shape index (κ1) is 16.4. The molecule has 0 aromatic rings. The molecule has 4 heteroatoms. The van der Waals surface area contributed by atoms with Crippen molar-refractivity contribution >= 4 is 5.91 Å². The average Bonchev–Trinajstić information content (AvgIpc) is 2.33. The molecule has 0 heterocycles. The van der Waals surface area contributed by atoms with Gasteiger partial charge < -0.3 is 16.2 Å². The van der Waals surface area contributed by atoms with E-state index in [-0.39, 0.29) is 17.2 Å². The predicted molar refractivity (Wildman–Crippen MR) is 77.7 cm³/mol. The molecule has 1 saturated carbocycles. The van der Waals surface area contributed by atoms with E-state index in [1.54, 1.807) is 0 Å². The zero-order valence-electron chi connectivity index (χ0n) is 12.7. The zero-order valence-corrected chi connectivity index (χ0v) is 12.7. The summed E-state index contributed by atoms with van der Waals surface area (Å²) >= 11 is 0. The van der Waals surface area contributed by atoms with Gasteiger partial charge in [-0.3, -0.25) is 4.79 Å². The highest BCUT2D eigenvalue weighted by atomic mass is 16.3. The number of amides is 1.